The third-order valence-electron chi connectivity index (χ3n) is 9.82. The highest BCUT2D eigenvalue weighted by Gasteiger charge is 2.32. The van der Waals surface area contributed by atoms with Crippen molar-refractivity contribution < 1.29 is 28.6 Å². The Hall–Kier alpha value is -6.02. The van der Waals surface area contributed by atoms with Crippen LogP contribution in [0.5, 0.6) is 11.5 Å². The van der Waals surface area contributed by atoms with Gasteiger partial charge in [-0.25, -0.2) is 9.78 Å². The molecule has 6 rings (SSSR count). The molecule has 0 radical (unpaired) electrons. The van der Waals surface area contributed by atoms with Crippen LogP contribution in [0, 0.1) is 13.8 Å². The molecular formula is C43H52N6O8. The zero-order chi connectivity index (χ0) is 41.3. The van der Waals surface area contributed by atoms with Gasteiger partial charge in [0, 0.05) is 73.5 Å². The average molecular weight is 781 g/mol. The van der Waals surface area contributed by atoms with Crippen LogP contribution in [0.1, 0.15) is 44.7 Å². The summed E-state index contributed by atoms with van der Waals surface area (Å²) in [5.41, 5.74) is 2.53. The van der Waals surface area contributed by atoms with Crippen LogP contribution in [0.2, 0.25) is 0 Å². The highest BCUT2D eigenvalue weighted by Crippen LogP contribution is 2.25. The number of aryl methyl sites for hydroxylation is 2. The van der Waals surface area contributed by atoms with Crippen molar-refractivity contribution in [1.82, 2.24) is 23.9 Å². The van der Waals surface area contributed by atoms with Gasteiger partial charge in [-0.1, -0.05) is 6.07 Å². The summed E-state index contributed by atoms with van der Waals surface area (Å²) < 4.78 is 19.4. The Bertz CT molecular complexity index is 2330. The van der Waals surface area contributed by atoms with Crippen molar-refractivity contribution in [2.75, 3.05) is 45.7 Å². The molecular weight excluding hydrogens is 729 g/mol. The normalized spacial score (nSPS) is 13.4. The largest absolute Gasteiger partial charge is 0.497 e. The molecule has 0 saturated carbocycles. The highest BCUT2D eigenvalue weighted by atomic mass is 16.6. The number of hydrogen-bond acceptors (Lipinski definition) is 10. The number of likely N-dealkylation sites (tertiary alicyclic amines) is 1. The van der Waals surface area contributed by atoms with Gasteiger partial charge >= 0.3 is 6.09 Å². The van der Waals surface area contributed by atoms with Gasteiger partial charge in [-0.3, -0.25) is 19.3 Å². The van der Waals surface area contributed by atoms with E-state index in [2.05, 4.69) is 15.2 Å². The lowest BCUT2D eigenvalue weighted by Gasteiger charge is -2.38. The summed E-state index contributed by atoms with van der Waals surface area (Å²) in [6.45, 7) is 11.9. The molecule has 1 saturated heterocycles. The predicted octanol–water partition coefficient (Wildman–Crippen LogP) is 5.57. The van der Waals surface area contributed by atoms with Crippen LogP contribution in [0.4, 0.5) is 10.6 Å². The molecule has 302 valence electrons. The number of amides is 2. The zero-order valence-corrected chi connectivity index (χ0v) is 33.7. The third-order valence-corrected chi connectivity index (χ3v) is 9.82. The fourth-order valence-corrected chi connectivity index (χ4v) is 6.94. The number of carbonyl (C=O) groups excluding carboxylic acids is 3. The minimum Gasteiger partial charge on any atom is -0.497 e. The topological polar surface area (TPSA) is 154 Å². The third kappa shape index (κ3) is 10.8. The van der Waals surface area contributed by atoms with Gasteiger partial charge in [0.1, 0.15) is 35.7 Å². The number of pyridine rings is 3. The van der Waals surface area contributed by atoms with Crippen molar-refractivity contribution in [3.8, 4) is 11.5 Å². The van der Waals surface area contributed by atoms with E-state index in [9.17, 15) is 24.0 Å². The zero-order valence-electron chi connectivity index (χ0n) is 33.7. The Balaban J connectivity index is 0.000000303. The van der Waals surface area contributed by atoms with Crippen molar-refractivity contribution in [3.05, 3.63) is 105 Å². The molecule has 2 aromatic carbocycles. The van der Waals surface area contributed by atoms with Gasteiger partial charge in [-0.15, -0.1) is 0 Å². The molecule has 0 aliphatic carbocycles. The summed E-state index contributed by atoms with van der Waals surface area (Å²) in [6.07, 6.45) is 3.19. The molecule has 0 bridgehead atoms. The van der Waals surface area contributed by atoms with Crippen molar-refractivity contribution in [3.63, 3.8) is 0 Å². The molecule has 0 spiro atoms. The number of benzene rings is 2. The number of rotatable bonds is 11. The SMILES string of the molecule is COc1ccc2c(C)cc(=O)n(CC=O)c2c1.COc1ccc2c(C)cc(=O)n(CCN3CCC(N(CC(=O)Nc4ccccn4)C(=O)OC(C)(C)C)CC3)c2c1. The van der Waals surface area contributed by atoms with E-state index in [1.54, 1.807) is 55.3 Å². The summed E-state index contributed by atoms with van der Waals surface area (Å²) in [6, 6.07) is 19.6. The Morgan fingerprint density at radius 1 is 0.842 bits per heavy atom. The number of nitrogens with zero attached hydrogens (tertiary/aromatic N) is 5. The van der Waals surface area contributed by atoms with E-state index >= 15 is 0 Å². The molecule has 4 heterocycles. The second-order valence-electron chi connectivity index (χ2n) is 15.0. The van der Waals surface area contributed by atoms with Crippen LogP contribution in [-0.4, -0.2) is 94.2 Å². The van der Waals surface area contributed by atoms with Crippen LogP contribution in [0.15, 0.2) is 82.5 Å². The second kappa shape index (κ2) is 18.7. The van der Waals surface area contributed by atoms with Crippen LogP contribution < -0.4 is 25.9 Å². The van der Waals surface area contributed by atoms with Crippen molar-refractivity contribution >= 4 is 45.9 Å². The number of ether oxygens (including phenoxy) is 3. The van der Waals surface area contributed by atoms with Gasteiger partial charge in [0.15, 0.2) is 0 Å². The number of fused-ring (bicyclic) bond motifs is 2. The molecule has 0 atom stereocenters. The Labute approximate surface area is 332 Å². The second-order valence-corrected chi connectivity index (χ2v) is 15.0. The van der Waals surface area contributed by atoms with Crippen LogP contribution in [0.25, 0.3) is 21.8 Å². The predicted molar refractivity (Wildman–Crippen MR) is 220 cm³/mol. The first kappa shape index (κ1) is 42.1. The number of methoxy groups -OCH3 is 2. The van der Waals surface area contributed by atoms with Crippen LogP contribution in [0.3, 0.4) is 0 Å². The number of hydrogen-bond donors (Lipinski definition) is 1. The van der Waals surface area contributed by atoms with Gasteiger partial charge in [0.05, 0.1) is 31.8 Å². The number of anilines is 1. The monoisotopic (exact) mass is 780 g/mol. The van der Waals surface area contributed by atoms with E-state index in [4.69, 9.17) is 14.2 Å². The first-order valence-corrected chi connectivity index (χ1v) is 18.9. The van der Waals surface area contributed by atoms with Crippen molar-refractivity contribution in [2.24, 2.45) is 0 Å². The molecule has 14 nitrogen and oxygen atoms in total. The van der Waals surface area contributed by atoms with Gasteiger partial charge in [0.25, 0.3) is 11.1 Å². The van der Waals surface area contributed by atoms with E-state index in [0.29, 0.717) is 43.2 Å². The summed E-state index contributed by atoms with van der Waals surface area (Å²) >= 11 is 0. The molecule has 0 unspecified atom stereocenters. The number of nitrogens with one attached hydrogen (secondary N) is 1. The average Bonchev–Trinajstić information content (AvgIpc) is 3.18. The maximum absolute atomic E-state index is 13.1. The van der Waals surface area contributed by atoms with Crippen molar-refractivity contribution in [1.29, 1.82) is 0 Å². The number of piperidine rings is 1. The maximum atomic E-state index is 13.1. The fraction of sp³-hybridized carbons (Fsp3) is 0.395. The van der Waals surface area contributed by atoms with E-state index < -0.39 is 11.7 Å². The Morgan fingerprint density at radius 3 is 1.95 bits per heavy atom. The fourth-order valence-electron chi connectivity index (χ4n) is 6.94. The molecule has 1 N–H and O–H groups in total. The summed E-state index contributed by atoms with van der Waals surface area (Å²) in [5, 5.41) is 4.73. The van der Waals surface area contributed by atoms with Gasteiger partial charge in [0.2, 0.25) is 5.91 Å². The van der Waals surface area contributed by atoms with E-state index in [1.165, 1.54) is 15.5 Å². The van der Waals surface area contributed by atoms with Gasteiger partial charge in [-0.2, -0.15) is 0 Å². The molecule has 1 aliphatic rings. The molecule has 1 fully saturated rings. The lowest BCUT2D eigenvalue weighted by atomic mass is 10.0. The van der Waals surface area contributed by atoms with E-state index in [0.717, 1.165) is 52.3 Å². The summed E-state index contributed by atoms with van der Waals surface area (Å²) in [7, 11) is 3.19. The lowest BCUT2D eigenvalue weighted by molar-refractivity contribution is -0.118. The number of aldehydes is 1. The maximum Gasteiger partial charge on any atom is 0.411 e. The lowest BCUT2D eigenvalue weighted by Crippen LogP contribution is -2.51. The Kier molecular flexibility index (Phi) is 13.9. The van der Waals surface area contributed by atoms with Crippen LogP contribution >= 0.6 is 0 Å². The number of aromatic nitrogens is 3. The van der Waals surface area contributed by atoms with Gasteiger partial charge in [-0.05, 0) is 95.0 Å². The standard InChI is InChI=1S/C30H39N5O5.C13H13NO3/c1-21-18-28(37)34(25-19-23(39-5)9-10-24(21)25)17-16-33-14-11-22(12-15-33)35(29(38)40-30(2,3)4)20-27(36)32-26-8-6-7-13-31-26;1-9-7-13(16)14(5-6-15)12-8-10(17-2)3-4-11(9)12/h6-10,13,18-19,22H,11-12,14-17,20H2,1-5H3,(H,31,32,36);3-4,6-8H,5H2,1-2H3. The minimum atomic E-state index is -0.680. The molecule has 1 aliphatic heterocycles. The molecule has 57 heavy (non-hydrogen) atoms. The Morgan fingerprint density at radius 2 is 1.42 bits per heavy atom. The quantitative estimate of drug-likeness (QED) is 0.168. The van der Waals surface area contributed by atoms with Gasteiger partial charge < -0.3 is 38.4 Å². The summed E-state index contributed by atoms with van der Waals surface area (Å²) in [5.74, 6) is 1.49. The smallest absolute Gasteiger partial charge is 0.411 e. The molecule has 2 amide bonds. The first-order valence-electron chi connectivity index (χ1n) is 18.9. The number of carbonyl (C=O) groups is 3. The molecule has 5 aromatic rings. The van der Waals surface area contributed by atoms with E-state index in [-0.39, 0.29) is 36.2 Å². The van der Waals surface area contributed by atoms with E-state index in [1.807, 2.05) is 65.0 Å². The first-order chi connectivity index (χ1) is 27.2. The van der Waals surface area contributed by atoms with Crippen LogP contribution in [-0.2, 0) is 27.4 Å². The molecule has 3 aromatic heterocycles. The van der Waals surface area contributed by atoms with Crippen molar-refractivity contribution in [2.45, 2.75) is 72.2 Å². The molecule has 14 heteroatoms. The summed E-state index contributed by atoms with van der Waals surface area (Å²) in [4.78, 5) is 69.2. The highest BCUT2D eigenvalue weighted by molar-refractivity contribution is 5.93. The minimum absolute atomic E-state index is 0.0387.